The van der Waals surface area contributed by atoms with Gasteiger partial charge in [0.1, 0.15) is 16.2 Å². The molecule has 5 rings (SSSR count). The summed E-state index contributed by atoms with van der Waals surface area (Å²) in [6, 6.07) is 35.3. The summed E-state index contributed by atoms with van der Waals surface area (Å²) in [7, 11) is 1.64. The molecule has 2 unspecified atom stereocenters. The van der Waals surface area contributed by atoms with Gasteiger partial charge in [-0.25, -0.2) is 0 Å². The van der Waals surface area contributed by atoms with Gasteiger partial charge in [0, 0.05) is 4.90 Å². The van der Waals surface area contributed by atoms with E-state index < -0.39 is 10.9 Å². The standard InChI is InChI=1S/C28H22O3S/c1-30-22-18-16-20(17-19-22)27-28(21-10-4-2-5-11-21,32-23-12-6-3-7-13-23)26(29)24-14-8-9-15-25(24)31-27/h2-19,27H,1H3. The summed E-state index contributed by atoms with van der Waals surface area (Å²) in [6.07, 6.45) is -0.525. The normalized spacial score (nSPS) is 19.7. The van der Waals surface area contributed by atoms with Gasteiger partial charge < -0.3 is 9.47 Å². The van der Waals surface area contributed by atoms with Crippen LogP contribution in [0.2, 0.25) is 0 Å². The van der Waals surface area contributed by atoms with Crippen molar-refractivity contribution in [2.45, 2.75) is 15.7 Å². The molecule has 0 saturated heterocycles. The average Bonchev–Trinajstić information content (AvgIpc) is 2.87. The minimum absolute atomic E-state index is 0.0419. The molecule has 0 bridgehead atoms. The highest BCUT2D eigenvalue weighted by atomic mass is 32.2. The highest BCUT2D eigenvalue weighted by Gasteiger charge is 2.54. The van der Waals surface area contributed by atoms with Crippen LogP contribution in [-0.2, 0) is 4.75 Å². The maximum absolute atomic E-state index is 14.3. The van der Waals surface area contributed by atoms with Crippen LogP contribution in [0.25, 0.3) is 0 Å². The SMILES string of the molecule is COc1ccc(C2Oc3ccccc3C(=O)C2(Sc2ccccc2)c2ccccc2)cc1. The van der Waals surface area contributed by atoms with Gasteiger partial charge in [0.15, 0.2) is 11.9 Å². The van der Waals surface area contributed by atoms with E-state index in [4.69, 9.17) is 9.47 Å². The van der Waals surface area contributed by atoms with Crippen molar-refractivity contribution in [2.24, 2.45) is 0 Å². The van der Waals surface area contributed by atoms with Gasteiger partial charge in [-0.15, -0.1) is 11.8 Å². The third-order valence-corrected chi connectivity index (χ3v) is 7.19. The number of methoxy groups -OCH3 is 1. The molecule has 32 heavy (non-hydrogen) atoms. The first-order valence-corrected chi connectivity index (χ1v) is 11.3. The van der Waals surface area contributed by atoms with Gasteiger partial charge in [-0.2, -0.15) is 0 Å². The number of ether oxygens (including phenoxy) is 2. The number of para-hydroxylation sites is 1. The van der Waals surface area contributed by atoms with Gasteiger partial charge in [-0.1, -0.05) is 72.8 Å². The number of carbonyl (C=O) groups excluding carboxylic acids is 1. The molecule has 0 aliphatic carbocycles. The Kier molecular flexibility index (Phi) is 5.46. The topological polar surface area (TPSA) is 35.5 Å². The van der Waals surface area contributed by atoms with Crippen LogP contribution in [0.3, 0.4) is 0 Å². The molecule has 1 heterocycles. The Morgan fingerprint density at radius 1 is 0.781 bits per heavy atom. The Labute approximate surface area is 192 Å². The molecular weight excluding hydrogens is 416 g/mol. The Balaban J connectivity index is 1.76. The number of Topliss-reactive ketones (excluding diaryl/α,β-unsaturated/α-hetero) is 1. The van der Waals surface area contributed by atoms with E-state index in [1.165, 1.54) is 0 Å². The number of rotatable bonds is 5. The number of fused-ring (bicyclic) bond motifs is 1. The molecule has 4 heteroatoms. The molecule has 0 N–H and O–H groups in total. The van der Waals surface area contributed by atoms with Gasteiger partial charge in [-0.05, 0) is 47.5 Å². The van der Waals surface area contributed by atoms with E-state index in [0.717, 1.165) is 21.8 Å². The van der Waals surface area contributed by atoms with Crippen molar-refractivity contribution in [3.63, 3.8) is 0 Å². The molecule has 4 aromatic rings. The van der Waals surface area contributed by atoms with Gasteiger partial charge in [0.05, 0.1) is 12.7 Å². The molecule has 158 valence electrons. The molecule has 0 spiro atoms. The van der Waals surface area contributed by atoms with Crippen molar-refractivity contribution in [3.8, 4) is 11.5 Å². The van der Waals surface area contributed by atoms with E-state index in [2.05, 4.69) is 0 Å². The molecule has 0 radical (unpaired) electrons. The molecule has 2 atom stereocenters. The number of hydrogen-bond donors (Lipinski definition) is 0. The van der Waals surface area contributed by atoms with Gasteiger partial charge in [-0.3, -0.25) is 4.79 Å². The fourth-order valence-corrected chi connectivity index (χ4v) is 5.58. The molecular formula is C28H22O3S. The van der Waals surface area contributed by atoms with Crippen molar-refractivity contribution in [1.82, 2.24) is 0 Å². The lowest BCUT2D eigenvalue weighted by molar-refractivity contribution is 0.0727. The predicted octanol–water partition coefficient (Wildman–Crippen LogP) is 6.70. The van der Waals surface area contributed by atoms with E-state index in [1.54, 1.807) is 18.9 Å². The van der Waals surface area contributed by atoms with E-state index in [1.807, 2.05) is 109 Å². The first-order valence-electron chi connectivity index (χ1n) is 10.5. The van der Waals surface area contributed by atoms with E-state index >= 15 is 0 Å². The van der Waals surface area contributed by atoms with Crippen LogP contribution in [0.15, 0.2) is 114 Å². The van der Waals surface area contributed by atoms with Gasteiger partial charge in [0.25, 0.3) is 0 Å². The number of ketones is 1. The lowest BCUT2D eigenvalue weighted by Gasteiger charge is -2.43. The predicted molar refractivity (Wildman–Crippen MR) is 128 cm³/mol. The average molecular weight is 439 g/mol. The van der Waals surface area contributed by atoms with Crippen LogP contribution in [0.5, 0.6) is 11.5 Å². The van der Waals surface area contributed by atoms with Crippen LogP contribution in [0, 0.1) is 0 Å². The van der Waals surface area contributed by atoms with Crippen LogP contribution in [0.1, 0.15) is 27.6 Å². The molecule has 0 aromatic heterocycles. The molecule has 4 aromatic carbocycles. The van der Waals surface area contributed by atoms with Crippen LogP contribution < -0.4 is 9.47 Å². The minimum Gasteiger partial charge on any atom is -0.497 e. The van der Waals surface area contributed by atoms with Crippen LogP contribution in [0.4, 0.5) is 0 Å². The van der Waals surface area contributed by atoms with Gasteiger partial charge in [0.2, 0.25) is 0 Å². The maximum atomic E-state index is 14.3. The second kappa shape index (κ2) is 8.56. The second-order valence-electron chi connectivity index (χ2n) is 7.61. The van der Waals surface area contributed by atoms with Crippen molar-refractivity contribution in [3.05, 3.63) is 126 Å². The Hall–Kier alpha value is -3.50. The third-order valence-electron chi connectivity index (χ3n) is 5.73. The summed E-state index contributed by atoms with van der Waals surface area (Å²) in [4.78, 5) is 15.3. The molecule has 1 aliphatic heterocycles. The quantitative estimate of drug-likeness (QED) is 0.347. The Bertz CT molecular complexity index is 1220. The van der Waals surface area contributed by atoms with Crippen molar-refractivity contribution < 1.29 is 14.3 Å². The largest absolute Gasteiger partial charge is 0.497 e. The first kappa shape index (κ1) is 20.4. The Morgan fingerprint density at radius 2 is 1.41 bits per heavy atom. The maximum Gasteiger partial charge on any atom is 0.191 e. The molecule has 1 aliphatic rings. The van der Waals surface area contributed by atoms with Crippen LogP contribution >= 0.6 is 11.8 Å². The molecule has 0 saturated carbocycles. The monoisotopic (exact) mass is 438 g/mol. The fraction of sp³-hybridized carbons (Fsp3) is 0.107. The summed E-state index contributed by atoms with van der Waals surface area (Å²) < 4.78 is 11.0. The minimum atomic E-state index is -0.994. The van der Waals surface area contributed by atoms with E-state index in [9.17, 15) is 4.79 Å². The van der Waals surface area contributed by atoms with E-state index in [-0.39, 0.29) is 5.78 Å². The lowest BCUT2D eigenvalue weighted by Crippen LogP contribution is -2.45. The second-order valence-corrected chi connectivity index (χ2v) is 8.93. The zero-order chi connectivity index (χ0) is 22.0. The van der Waals surface area contributed by atoms with Crippen LogP contribution in [-0.4, -0.2) is 12.9 Å². The van der Waals surface area contributed by atoms with Crippen molar-refractivity contribution >= 4 is 17.5 Å². The number of thioether (sulfide) groups is 1. The zero-order valence-corrected chi connectivity index (χ0v) is 18.4. The smallest absolute Gasteiger partial charge is 0.191 e. The Morgan fingerprint density at radius 3 is 2.09 bits per heavy atom. The first-order chi connectivity index (χ1) is 15.7. The summed E-state index contributed by atoms with van der Waals surface area (Å²) in [5, 5.41) is 0. The van der Waals surface area contributed by atoms with Crippen molar-refractivity contribution in [1.29, 1.82) is 0 Å². The summed E-state index contributed by atoms with van der Waals surface area (Å²) in [5.74, 6) is 1.41. The molecule has 0 fully saturated rings. The number of benzene rings is 4. The highest BCUT2D eigenvalue weighted by Crippen LogP contribution is 2.56. The summed E-state index contributed by atoms with van der Waals surface area (Å²) in [5.41, 5.74) is 2.43. The zero-order valence-electron chi connectivity index (χ0n) is 17.6. The fourth-order valence-electron chi connectivity index (χ4n) is 4.17. The van der Waals surface area contributed by atoms with Crippen molar-refractivity contribution in [2.75, 3.05) is 7.11 Å². The van der Waals surface area contributed by atoms with Gasteiger partial charge >= 0.3 is 0 Å². The lowest BCUT2D eigenvalue weighted by atomic mass is 9.80. The number of carbonyl (C=O) groups is 1. The third kappa shape index (κ3) is 3.47. The number of hydrogen-bond acceptors (Lipinski definition) is 4. The summed E-state index contributed by atoms with van der Waals surface area (Å²) in [6.45, 7) is 0. The summed E-state index contributed by atoms with van der Waals surface area (Å²) >= 11 is 1.54. The van der Waals surface area contributed by atoms with E-state index in [0.29, 0.717) is 11.3 Å². The molecule has 0 amide bonds. The highest BCUT2D eigenvalue weighted by molar-refractivity contribution is 8.01. The molecule has 3 nitrogen and oxygen atoms in total.